The van der Waals surface area contributed by atoms with Gasteiger partial charge in [0.1, 0.15) is 16.6 Å². The largest absolute Gasteiger partial charge is 0.395 e. The minimum atomic E-state index is 0.109. The molecule has 0 saturated heterocycles. The third-order valence-corrected chi connectivity index (χ3v) is 3.77. The van der Waals surface area contributed by atoms with Crippen molar-refractivity contribution in [2.75, 3.05) is 23.5 Å². The number of nitrogens with one attached hydrogen (secondary N) is 1. The van der Waals surface area contributed by atoms with Gasteiger partial charge in [-0.15, -0.1) is 0 Å². The van der Waals surface area contributed by atoms with Gasteiger partial charge in [-0.25, -0.2) is 15.8 Å². The number of aromatic nitrogens is 2. The average Bonchev–Trinajstić information content (AvgIpc) is 2.26. The molecule has 2 rings (SSSR count). The highest BCUT2D eigenvalue weighted by atomic mass is 79.9. The molecule has 1 fully saturated rings. The molecule has 0 aromatic carbocycles. The first-order valence-electron chi connectivity index (χ1n) is 5.62. The van der Waals surface area contributed by atoms with Gasteiger partial charge in [0.25, 0.3) is 0 Å². The Labute approximate surface area is 108 Å². The van der Waals surface area contributed by atoms with Crippen LogP contribution in [0.15, 0.2) is 10.8 Å². The van der Waals surface area contributed by atoms with E-state index in [0.717, 1.165) is 23.1 Å². The first kappa shape index (κ1) is 12.5. The quantitative estimate of drug-likeness (QED) is 0.553. The molecule has 0 radical (unpaired) electrons. The Kier molecular flexibility index (Phi) is 4.14. The molecular weight excluding hydrogens is 286 g/mol. The topological polar surface area (TPSA) is 87.3 Å². The molecule has 1 aromatic heterocycles. The maximum absolute atomic E-state index is 9.14. The van der Waals surface area contributed by atoms with Gasteiger partial charge < -0.3 is 15.4 Å². The first-order valence-corrected chi connectivity index (χ1v) is 6.42. The number of hydrogen-bond acceptors (Lipinski definition) is 6. The van der Waals surface area contributed by atoms with Crippen molar-refractivity contribution in [2.45, 2.75) is 25.3 Å². The van der Waals surface area contributed by atoms with E-state index in [1.54, 1.807) is 0 Å². The smallest absolute Gasteiger partial charge is 0.159 e. The number of halogens is 1. The fourth-order valence-corrected chi connectivity index (χ4v) is 2.48. The van der Waals surface area contributed by atoms with Gasteiger partial charge in [0.05, 0.1) is 6.61 Å². The summed E-state index contributed by atoms with van der Waals surface area (Å²) in [4.78, 5) is 10.4. The fraction of sp³-hybridized carbons (Fsp3) is 0.600. The molecule has 0 spiro atoms. The fourth-order valence-electron chi connectivity index (χ4n) is 1.93. The normalized spacial score (nSPS) is 15.5. The van der Waals surface area contributed by atoms with Crippen LogP contribution in [0.2, 0.25) is 0 Å². The van der Waals surface area contributed by atoms with Crippen LogP contribution in [0.3, 0.4) is 0 Å². The van der Waals surface area contributed by atoms with Crippen LogP contribution in [0.1, 0.15) is 19.3 Å². The molecule has 94 valence electrons. The van der Waals surface area contributed by atoms with Crippen molar-refractivity contribution in [3.8, 4) is 0 Å². The zero-order valence-corrected chi connectivity index (χ0v) is 11.0. The molecule has 17 heavy (non-hydrogen) atoms. The Morgan fingerprint density at radius 2 is 2.29 bits per heavy atom. The monoisotopic (exact) mass is 301 g/mol. The lowest BCUT2D eigenvalue weighted by Gasteiger charge is -2.38. The maximum atomic E-state index is 9.14. The molecular formula is C10H16BrN5O. The van der Waals surface area contributed by atoms with Gasteiger partial charge in [0.2, 0.25) is 0 Å². The molecule has 0 unspecified atom stereocenters. The molecule has 0 bridgehead atoms. The SMILES string of the molecule is NNc1ncnc(N(CCO)C2CCC2)c1Br. The van der Waals surface area contributed by atoms with E-state index in [-0.39, 0.29) is 6.61 Å². The Balaban J connectivity index is 2.28. The number of hydrazine groups is 1. The molecule has 7 heteroatoms. The van der Waals surface area contributed by atoms with Gasteiger partial charge in [-0.1, -0.05) is 0 Å². The lowest BCUT2D eigenvalue weighted by Crippen LogP contribution is -2.42. The van der Waals surface area contributed by atoms with Crippen LogP contribution >= 0.6 is 15.9 Å². The summed E-state index contributed by atoms with van der Waals surface area (Å²) in [5.41, 5.74) is 2.52. The summed E-state index contributed by atoms with van der Waals surface area (Å²) in [6.45, 7) is 0.683. The van der Waals surface area contributed by atoms with E-state index in [2.05, 4.69) is 36.2 Å². The Hall–Kier alpha value is -0.920. The number of anilines is 2. The van der Waals surface area contributed by atoms with E-state index in [4.69, 9.17) is 10.9 Å². The molecule has 6 nitrogen and oxygen atoms in total. The highest BCUT2D eigenvalue weighted by Crippen LogP contribution is 2.34. The van der Waals surface area contributed by atoms with Crippen LogP contribution < -0.4 is 16.2 Å². The van der Waals surface area contributed by atoms with Crippen molar-refractivity contribution in [2.24, 2.45) is 5.84 Å². The van der Waals surface area contributed by atoms with Crippen LogP contribution in [0.25, 0.3) is 0 Å². The summed E-state index contributed by atoms with van der Waals surface area (Å²) in [6.07, 6.45) is 4.99. The van der Waals surface area contributed by atoms with Crippen LogP contribution in [0.5, 0.6) is 0 Å². The molecule has 4 N–H and O–H groups in total. The molecule has 0 aliphatic heterocycles. The van der Waals surface area contributed by atoms with Gasteiger partial charge in [0, 0.05) is 12.6 Å². The van der Waals surface area contributed by atoms with Crippen molar-refractivity contribution in [1.82, 2.24) is 9.97 Å². The van der Waals surface area contributed by atoms with Crippen LogP contribution in [0.4, 0.5) is 11.6 Å². The third kappa shape index (κ3) is 2.51. The summed E-state index contributed by atoms with van der Waals surface area (Å²) < 4.78 is 0.739. The molecule has 1 aliphatic rings. The summed E-state index contributed by atoms with van der Waals surface area (Å²) in [5, 5.41) is 9.14. The Morgan fingerprint density at radius 1 is 1.53 bits per heavy atom. The summed E-state index contributed by atoms with van der Waals surface area (Å²) >= 11 is 3.44. The summed E-state index contributed by atoms with van der Waals surface area (Å²) in [6, 6.07) is 0.457. The van der Waals surface area contributed by atoms with Crippen LogP contribution in [0, 0.1) is 0 Å². The van der Waals surface area contributed by atoms with Crippen molar-refractivity contribution < 1.29 is 5.11 Å². The number of aliphatic hydroxyl groups excluding tert-OH is 1. The Morgan fingerprint density at radius 3 is 2.82 bits per heavy atom. The number of hydrogen-bond donors (Lipinski definition) is 3. The number of rotatable bonds is 5. The standard InChI is InChI=1S/C10H16BrN5O/c11-8-9(15-12)13-6-14-10(8)16(4-5-17)7-2-1-3-7/h6-7,17H,1-5,12H2,(H,13,14,15). The summed E-state index contributed by atoms with van der Waals surface area (Å²) in [7, 11) is 0. The second-order valence-electron chi connectivity index (χ2n) is 4.01. The average molecular weight is 302 g/mol. The number of nitrogens with zero attached hydrogens (tertiary/aromatic N) is 3. The van der Waals surface area contributed by atoms with E-state index < -0.39 is 0 Å². The van der Waals surface area contributed by atoms with Crippen molar-refractivity contribution in [1.29, 1.82) is 0 Å². The predicted molar refractivity (Wildman–Crippen MR) is 69.6 cm³/mol. The number of nitrogens with two attached hydrogens (primary N) is 1. The van der Waals surface area contributed by atoms with Crippen molar-refractivity contribution in [3.63, 3.8) is 0 Å². The molecule has 1 aromatic rings. The third-order valence-electron chi connectivity index (χ3n) is 3.04. The number of aliphatic hydroxyl groups is 1. The van der Waals surface area contributed by atoms with E-state index in [0.29, 0.717) is 18.4 Å². The van der Waals surface area contributed by atoms with Gasteiger partial charge in [0.15, 0.2) is 5.82 Å². The zero-order valence-electron chi connectivity index (χ0n) is 9.43. The van der Waals surface area contributed by atoms with E-state index in [9.17, 15) is 0 Å². The second-order valence-corrected chi connectivity index (χ2v) is 4.80. The minimum Gasteiger partial charge on any atom is -0.395 e. The van der Waals surface area contributed by atoms with E-state index in [1.165, 1.54) is 12.7 Å². The maximum Gasteiger partial charge on any atom is 0.159 e. The molecule has 1 saturated carbocycles. The van der Waals surface area contributed by atoms with Crippen LogP contribution in [-0.4, -0.2) is 34.3 Å². The molecule has 1 aliphatic carbocycles. The second kappa shape index (κ2) is 5.61. The van der Waals surface area contributed by atoms with Gasteiger partial charge in [-0.3, -0.25) is 0 Å². The zero-order chi connectivity index (χ0) is 12.3. The molecule has 0 amide bonds. The predicted octanol–water partition coefficient (Wildman–Crippen LogP) is 0.876. The number of nitrogen functional groups attached to an aromatic ring is 1. The highest BCUT2D eigenvalue weighted by molar-refractivity contribution is 9.10. The van der Waals surface area contributed by atoms with Crippen molar-refractivity contribution >= 4 is 27.6 Å². The van der Waals surface area contributed by atoms with Gasteiger partial charge in [-0.2, -0.15) is 0 Å². The summed E-state index contributed by atoms with van der Waals surface area (Å²) in [5.74, 6) is 6.72. The van der Waals surface area contributed by atoms with Crippen LogP contribution in [-0.2, 0) is 0 Å². The minimum absolute atomic E-state index is 0.109. The van der Waals surface area contributed by atoms with Crippen molar-refractivity contribution in [3.05, 3.63) is 10.8 Å². The Bertz CT molecular complexity index is 385. The lowest BCUT2D eigenvalue weighted by atomic mass is 9.91. The van der Waals surface area contributed by atoms with Gasteiger partial charge >= 0.3 is 0 Å². The van der Waals surface area contributed by atoms with E-state index in [1.807, 2.05) is 0 Å². The first-order chi connectivity index (χ1) is 8.27. The molecule has 0 atom stereocenters. The van der Waals surface area contributed by atoms with E-state index >= 15 is 0 Å². The highest BCUT2D eigenvalue weighted by Gasteiger charge is 2.27. The lowest BCUT2D eigenvalue weighted by molar-refractivity contribution is 0.283. The van der Waals surface area contributed by atoms with Gasteiger partial charge in [-0.05, 0) is 35.2 Å². The molecule has 1 heterocycles.